The highest BCUT2D eigenvalue weighted by Crippen LogP contribution is 2.22. The van der Waals surface area contributed by atoms with E-state index in [4.69, 9.17) is 5.11 Å². The number of aliphatic hydroxyl groups is 1. The quantitative estimate of drug-likeness (QED) is 0.623. The summed E-state index contributed by atoms with van der Waals surface area (Å²) in [6.07, 6.45) is -0.313. The molecular weight excluding hydrogens is 248 g/mol. The molecule has 6 heteroatoms. The third-order valence-corrected chi connectivity index (χ3v) is 3.11. The maximum absolute atomic E-state index is 12.0. The molecule has 0 spiro atoms. The van der Waals surface area contributed by atoms with Gasteiger partial charge in [-0.2, -0.15) is 0 Å². The van der Waals surface area contributed by atoms with E-state index in [0.717, 1.165) is 24.2 Å². The van der Waals surface area contributed by atoms with Crippen molar-refractivity contribution in [1.29, 1.82) is 0 Å². The topological polar surface area (TPSA) is 98.7 Å². The Morgan fingerprint density at radius 3 is 2.79 bits per heavy atom. The molecule has 4 N–H and O–H groups in total. The number of hydrogen-bond acceptors (Lipinski definition) is 4. The van der Waals surface area contributed by atoms with Crippen LogP contribution in [0.2, 0.25) is 0 Å². The van der Waals surface area contributed by atoms with Crippen LogP contribution >= 0.6 is 0 Å². The molecule has 102 valence electrons. The number of benzene rings is 1. The number of nitrogens with one attached hydrogen (secondary N) is 2. The van der Waals surface area contributed by atoms with E-state index in [1.54, 1.807) is 18.2 Å². The number of carboxylic acid groups (broad SMARTS) is 1. The van der Waals surface area contributed by atoms with Crippen LogP contribution < -0.4 is 10.6 Å². The van der Waals surface area contributed by atoms with Crippen LogP contribution in [-0.4, -0.2) is 40.8 Å². The second-order valence-corrected chi connectivity index (χ2v) is 4.58. The molecule has 0 aromatic heterocycles. The lowest BCUT2D eigenvalue weighted by Crippen LogP contribution is -2.47. The maximum Gasteiger partial charge on any atom is 0.328 e. The Labute approximate surface area is 110 Å². The Morgan fingerprint density at radius 1 is 1.42 bits per heavy atom. The van der Waals surface area contributed by atoms with Gasteiger partial charge in [0.05, 0.1) is 6.10 Å². The van der Waals surface area contributed by atoms with E-state index in [1.165, 1.54) is 6.92 Å². The summed E-state index contributed by atoms with van der Waals surface area (Å²) in [6, 6.07) is 3.87. The lowest BCUT2D eigenvalue weighted by Gasteiger charge is -2.17. The van der Waals surface area contributed by atoms with Gasteiger partial charge in [0.15, 0.2) is 6.04 Å². The van der Waals surface area contributed by atoms with Crippen molar-refractivity contribution >= 4 is 17.6 Å². The number of rotatable bonds is 4. The zero-order chi connectivity index (χ0) is 14.0. The maximum atomic E-state index is 12.0. The molecular formula is C13H16N2O4. The van der Waals surface area contributed by atoms with Crippen LogP contribution in [0.1, 0.15) is 22.8 Å². The van der Waals surface area contributed by atoms with Gasteiger partial charge in [0.2, 0.25) is 0 Å². The summed E-state index contributed by atoms with van der Waals surface area (Å²) in [5.74, 6) is -1.76. The van der Waals surface area contributed by atoms with Crippen LogP contribution in [0, 0.1) is 0 Å². The van der Waals surface area contributed by atoms with Gasteiger partial charge in [0.25, 0.3) is 5.91 Å². The van der Waals surface area contributed by atoms with Gasteiger partial charge in [0, 0.05) is 17.8 Å². The molecule has 0 fully saturated rings. The first-order valence-corrected chi connectivity index (χ1v) is 6.07. The highest BCUT2D eigenvalue weighted by molar-refractivity contribution is 5.97. The minimum atomic E-state index is -1.31. The molecule has 0 bridgehead atoms. The average molecular weight is 264 g/mol. The van der Waals surface area contributed by atoms with E-state index >= 15 is 0 Å². The SMILES string of the molecule is CC(O)C(NC(=O)c1ccc2c(c1)CCN2)C(=O)O. The molecule has 2 rings (SSSR count). The van der Waals surface area contributed by atoms with Gasteiger partial charge < -0.3 is 20.8 Å². The lowest BCUT2D eigenvalue weighted by atomic mass is 10.1. The molecule has 6 nitrogen and oxygen atoms in total. The first-order chi connectivity index (χ1) is 8.99. The summed E-state index contributed by atoms with van der Waals surface area (Å²) in [4.78, 5) is 22.9. The van der Waals surface area contributed by atoms with Crippen molar-refractivity contribution in [3.05, 3.63) is 29.3 Å². The van der Waals surface area contributed by atoms with Crippen LogP contribution in [0.15, 0.2) is 18.2 Å². The summed E-state index contributed by atoms with van der Waals surface area (Å²) in [5, 5.41) is 23.7. The number of anilines is 1. The molecule has 1 amide bonds. The normalized spacial score (nSPS) is 16.1. The first kappa shape index (κ1) is 13.4. The Morgan fingerprint density at radius 2 is 2.16 bits per heavy atom. The monoisotopic (exact) mass is 264 g/mol. The Hall–Kier alpha value is -2.08. The highest BCUT2D eigenvalue weighted by atomic mass is 16.4. The fourth-order valence-electron chi connectivity index (χ4n) is 2.06. The van der Waals surface area contributed by atoms with E-state index in [2.05, 4.69) is 10.6 Å². The van der Waals surface area contributed by atoms with Gasteiger partial charge in [-0.25, -0.2) is 4.79 Å². The average Bonchev–Trinajstić information content (AvgIpc) is 2.81. The van der Waals surface area contributed by atoms with Crippen LogP contribution in [0.4, 0.5) is 5.69 Å². The van der Waals surface area contributed by atoms with Crippen molar-refractivity contribution in [2.45, 2.75) is 25.5 Å². The highest BCUT2D eigenvalue weighted by Gasteiger charge is 2.25. The van der Waals surface area contributed by atoms with E-state index in [-0.39, 0.29) is 0 Å². The summed E-state index contributed by atoms with van der Waals surface area (Å²) < 4.78 is 0. The van der Waals surface area contributed by atoms with E-state index in [9.17, 15) is 14.7 Å². The molecule has 0 saturated carbocycles. The van der Waals surface area contributed by atoms with E-state index in [0.29, 0.717) is 5.56 Å². The molecule has 2 unspecified atom stereocenters. The molecule has 1 aromatic carbocycles. The molecule has 1 heterocycles. The molecule has 0 saturated heterocycles. The second kappa shape index (κ2) is 5.27. The number of aliphatic hydroxyl groups excluding tert-OH is 1. The van der Waals surface area contributed by atoms with Crippen LogP contribution in [-0.2, 0) is 11.2 Å². The van der Waals surface area contributed by atoms with Crippen molar-refractivity contribution in [1.82, 2.24) is 5.32 Å². The molecule has 2 atom stereocenters. The van der Waals surface area contributed by atoms with Crippen LogP contribution in [0.3, 0.4) is 0 Å². The van der Waals surface area contributed by atoms with Gasteiger partial charge >= 0.3 is 5.97 Å². The third-order valence-electron chi connectivity index (χ3n) is 3.11. The number of carbonyl (C=O) groups excluding carboxylic acids is 1. The predicted octanol–water partition coefficient (Wildman–Crippen LogP) is 0.218. The van der Waals surface area contributed by atoms with Gasteiger partial charge in [-0.05, 0) is 37.1 Å². The first-order valence-electron chi connectivity index (χ1n) is 6.07. The van der Waals surface area contributed by atoms with Crippen molar-refractivity contribution in [3.8, 4) is 0 Å². The van der Waals surface area contributed by atoms with Crippen LogP contribution in [0.5, 0.6) is 0 Å². The molecule has 0 radical (unpaired) electrons. The van der Waals surface area contributed by atoms with Gasteiger partial charge in [-0.15, -0.1) is 0 Å². The Kier molecular flexibility index (Phi) is 3.71. The van der Waals surface area contributed by atoms with Gasteiger partial charge in [-0.3, -0.25) is 4.79 Å². The van der Waals surface area contributed by atoms with Crippen molar-refractivity contribution in [2.75, 3.05) is 11.9 Å². The summed E-state index contributed by atoms with van der Waals surface area (Å²) >= 11 is 0. The van der Waals surface area contributed by atoms with Crippen LogP contribution in [0.25, 0.3) is 0 Å². The molecule has 1 aliphatic heterocycles. The molecule has 1 aliphatic rings. The fraction of sp³-hybridized carbons (Fsp3) is 0.385. The van der Waals surface area contributed by atoms with E-state index < -0.39 is 24.0 Å². The minimum absolute atomic E-state index is 0.398. The zero-order valence-electron chi connectivity index (χ0n) is 10.5. The zero-order valence-corrected chi connectivity index (χ0v) is 10.5. The second-order valence-electron chi connectivity index (χ2n) is 4.58. The van der Waals surface area contributed by atoms with Crippen molar-refractivity contribution in [3.63, 3.8) is 0 Å². The molecule has 0 aliphatic carbocycles. The number of aliphatic carboxylic acids is 1. The summed E-state index contributed by atoms with van der Waals surface area (Å²) in [5.41, 5.74) is 2.44. The van der Waals surface area contributed by atoms with Gasteiger partial charge in [0.1, 0.15) is 0 Å². The lowest BCUT2D eigenvalue weighted by molar-refractivity contribution is -0.141. The number of amides is 1. The minimum Gasteiger partial charge on any atom is -0.480 e. The number of carboxylic acids is 1. The smallest absolute Gasteiger partial charge is 0.328 e. The molecule has 1 aromatic rings. The molecule has 19 heavy (non-hydrogen) atoms. The number of carbonyl (C=O) groups is 2. The van der Waals surface area contributed by atoms with Crippen molar-refractivity contribution in [2.24, 2.45) is 0 Å². The fourth-order valence-corrected chi connectivity index (χ4v) is 2.06. The largest absolute Gasteiger partial charge is 0.480 e. The van der Waals surface area contributed by atoms with Gasteiger partial charge in [-0.1, -0.05) is 0 Å². The number of hydrogen-bond donors (Lipinski definition) is 4. The van der Waals surface area contributed by atoms with Crippen molar-refractivity contribution < 1.29 is 19.8 Å². The standard InChI is InChI=1S/C13H16N2O4/c1-7(16)11(13(18)19)15-12(17)9-2-3-10-8(6-9)4-5-14-10/h2-3,6-7,11,14,16H,4-5H2,1H3,(H,15,17)(H,18,19). The number of fused-ring (bicyclic) bond motifs is 1. The van der Waals surface area contributed by atoms with E-state index in [1.807, 2.05) is 0 Å². The predicted molar refractivity (Wildman–Crippen MR) is 69.2 cm³/mol. The summed E-state index contributed by atoms with van der Waals surface area (Å²) in [6.45, 7) is 2.16. The Balaban J connectivity index is 2.13. The third kappa shape index (κ3) is 2.85. The Bertz CT molecular complexity index is 513. The summed E-state index contributed by atoms with van der Waals surface area (Å²) in [7, 11) is 0.